The summed E-state index contributed by atoms with van der Waals surface area (Å²) in [6.45, 7) is 9.24. The second-order valence-electron chi connectivity index (χ2n) is 8.02. The molecule has 1 aliphatic rings. The summed E-state index contributed by atoms with van der Waals surface area (Å²) in [5, 5.41) is 12.2. The molecule has 0 saturated carbocycles. The second kappa shape index (κ2) is 9.21. The topological polar surface area (TPSA) is 83.0 Å². The Balaban J connectivity index is 1.64. The maximum absolute atomic E-state index is 13.1. The number of nitrogens with zero attached hydrogens (tertiary/aromatic N) is 3. The molecule has 2 aromatic heterocycles. The zero-order valence-electron chi connectivity index (χ0n) is 17.3. The van der Waals surface area contributed by atoms with Crippen LogP contribution in [0.4, 0.5) is 0 Å². The number of aromatic amines is 1. The first-order valence-electron chi connectivity index (χ1n) is 10.1. The van der Waals surface area contributed by atoms with Gasteiger partial charge < -0.3 is 10.2 Å². The molecular weight excluding hydrogens is 406 g/mol. The molecule has 158 valence electrons. The number of aromatic nitrogens is 3. The van der Waals surface area contributed by atoms with E-state index in [1.807, 2.05) is 36.3 Å². The summed E-state index contributed by atoms with van der Waals surface area (Å²) in [7, 11) is 0. The van der Waals surface area contributed by atoms with Gasteiger partial charge in [-0.3, -0.25) is 19.3 Å². The average Bonchev–Trinajstić information content (AvgIpc) is 3.36. The molecule has 9 heteroatoms. The van der Waals surface area contributed by atoms with Gasteiger partial charge in [-0.2, -0.15) is 5.10 Å². The van der Waals surface area contributed by atoms with Crippen LogP contribution in [0.1, 0.15) is 46.6 Å². The molecule has 0 bridgehead atoms. The Morgan fingerprint density at radius 1 is 1.28 bits per heavy atom. The highest BCUT2D eigenvalue weighted by Gasteiger charge is 2.31. The molecule has 1 fully saturated rings. The fourth-order valence-corrected chi connectivity index (χ4v) is 4.49. The fraction of sp³-hybridized carbons (Fsp3) is 0.600. The molecule has 0 spiro atoms. The van der Waals surface area contributed by atoms with Crippen LogP contribution in [0.25, 0.3) is 10.7 Å². The zero-order chi connectivity index (χ0) is 21.1. The zero-order valence-corrected chi connectivity index (χ0v) is 19.0. The summed E-state index contributed by atoms with van der Waals surface area (Å²) in [4.78, 5) is 28.4. The van der Waals surface area contributed by atoms with Crippen LogP contribution in [0, 0.1) is 16.6 Å². The van der Waals surface area contributed by atoms with Crippen LogP contribution < -0.4 is 5.32 Å². The molecule has 2 unspecified atom stereocenters. The SMILES string of the molecule is CC(C)C(C)NC(=O)C1CCN(C(=O)C(C)n2c(-c3cccs3)n[nH]c2=S)CC1. The van der Waals surface area contributed by atoms with Crippen molar-refractivity contribution in [2.45, 2.75) is 52.6 Å². The molecule has 0 aromatic carbocycles. The lowest BCUT2D eigenvalue weighted by Gasteiger charge is -2.34. The van der Waals surface area contributed by atoms with Crippen molar-refractivity contribution in [3.05, 3.63) is 22.3 Å². The Kier molecular flexibility index (Phi) is 6.89. The summed E-state index contributed by atoms with van der Waals surface area (Å²) >= 11 is 6.94. The van der Waals surface area contributed by atoms with Gasteiger partial charge in [-0.25, -0.2) is 0 Å². The lowest BCUT2D eigenvalue weighted by Crippen LogP contribution is -2.47. The molecule has 1 aliphatic heterocycles. The van der Waals surface area contributed by atoms with Crippen LogP contribution in [0.2, 0.25) is 0 Å². The Labute approximate surface area is 180 Å². The minimum absolute atomic E-state index is 0.00899. The van der Waals surface area contributed by atoms with Gasteiger partial charge in [0.25, 0.3) is 0 Å². The number of hydrogen-bond donors (Lipinski definition) is 2. The van der Waals surface area contributed by atoms with Gasteiger partial charge in [-0.15, -0.1) is 11.3 Å². The molecule has 2 atom stereocenters. The number of thiophene rings is 1. The van der Waals surface area contributed by atoms with Gasteiger partial charge in [0.05, 0.1) is 4.88 Å². The molecular formula is C20H29N5O2S2. The molecule has 1 saturated heterocycles. The van der Waals surface area contributed by atoms with Gasteiger partial charge >= 0.3 is 0 Å². The first kappa shape index (κ1) is 21.7. The highest BCUT2D eigenvalue weighted by atomic mass is 32.1. The molecule has 0 radical (unpaired) electrons. The first-order valence-corrected chi connectivity index (χ1v) is 11.4. The van der Waals surface area contributed by atoms with E-state index in [-0.39, 0.29) is 23.8 Å². The number of carbonyl (C=O) groups excluding carboxylic acids is 2. The van der Waals surface area contributed by atoms with E-state index in [4.69, 9.17) is 12.2 Å². The quantitative estimate of drug-likeness (QED) is 0.679. The van der Waals surface area contributed by atoms with Crippen LogP contribution in [-0.2, 0) is 9.59 Å². The third-order valence-electron chi connectivity index (χ3n) is 5.74. The van der Waals surface area contributed by atoms with E-state index in [1.165, 1.54) is 0 Å². The van der Waals surface area contributed by atoms with E-state index in [9.17, 15) is 9.59 Å². The van der Waals surface area contributed by atoms with E-state index in [1.54, 1.807) is 15.9 Å². The van der Waals surface area contributed by atoms with Gasteiger partial charge in [0, 0.05) is 25.0 Å². The van der Waals surface area contributed by atoms with Crippen molar-refractivity contribution in [3.63, 3.8) is 0 Å². The van der Waals surface area contributed by atoms with Gasteiger partial charge in [0.1, 0.15) is 6.04 Å². The molecule has 29 heavy (non-hydrogen) atoms. The molecule has 7 nitrogen and oxygen atoms in total. The molecule has 0 aliphatic carbocycles. The summed E-state index contributed by atoms with van der Waals surface area (Å²) in [6, 6.07) is 3.61. The van der Waals surface area contributed by atoms with Crippen LogP contribution in [0.5, 0.6) is 0 Å². The van der Waals surface area contributed by atoms with Crippen LogP contribution >= 0.6 is 23.6 Å². The Morgan fingerprint density at radius 2 is 1.97 bits per heavy atom. The minimum Gasteiger partial charge on any atom is -0.353 e. The van der Waals surface area contributed by atoms with Crippen molar-refractivity contribution in [3.8, 4) is 10.7 Å². The lowest BCUT2D eigenvalue weighted by atomic mass is 9.94. The van der Waals surface area contributed by atoms with Gasteiger partial charge in [-0.05, 0) is 56.3 Å². The van der Waals surface area contributed by atoms with E-state index < -0.39 is 6.04 Å². The lowest BCUT2D eigenvalue weighted by molar-refractivity contribution is -0.138. The van der Waals surface area contributed by atoms with E-state index in [0.29, 0.717) is 42.4 Å². The van der Waals surface area contributed by atoms with Crippen molar-refractivity contribution in [2.24, 2.45) is 11.8 Å². The largest absolute Gasteiger partial charge is 0.353 e. The van der Waals surface area contributed by atoms with Crippen LogP contribution in [0.15, 0.2) is 17.5 Å². The second-order valence-corrected chi connectivity index (χ2v) is 9.35. The van der Waals surface area contributed by atoms with Gasteiger partial charge in [0.15, 0.2) is 10.6 Å². The first-order chi connectivity index (χ1) is 13.8. The number of nitrogens with one attached hydrogen (secondary N) is 2. The highest BCUT2D eigenvalue weighted by Crippen LogP contribution is 2.27. The van der Waals surface area contributed by atoms with Crippen molar-refractivity contribution in [1.82, 2.24) is 25.0 Å². The standard InChI is InChI=1S/C20H29N5O2S2/c1-12(2)13(3)21-18(26)15-7-9-24(10-8-15)19(27)14(4)25-17(22-23-20(25)28)16-6-5-11-29-16/h5-6,11-15H,7-10H2,1-4H3,(H,21,26)(H,23,28). The van der Waals surface area contributed by atoms with E-state index >= 15 is 0 Å². The summed E-state index contributed by atoms with van der Waals surface area (Å²) in [5.41, 5.74) is 0. The normalized spacial score (nSPS) is 17.3. The van der Waals surface area contributed by atoms with Gasteiger partial charge in [-0.1, -0.05) is 19.9 Å². The maximum Gasteiger partial charge on any atom is 0.245 e. The molecule has 3 heterocycles. The number of hydrogen-bond acceptors (Lipinski definition) is 5. The molecule has 2 N–H and O–H groups in total. The number of rotatable bonds is 6. The van der Waals surface area contributed by atoms with Crippen molar-refractivity contribution in [2.75, 3.05) is 13.1 Å². The summed E-state index contributed by atoms with van der Waals surface area (Å²) < 4.78 is 2.22. The number of piperidine rings is 1. The van der Waals surface area contributed by atoms with Crippen LogP contribution in [0.3, 0.4) is 0 Å². The highest BCUT2D eigenvalue weighted by molar-refractivity contribution is 7.71. The average molecular weight is 436 g/mol. The Morgan fingerprint density at radius 3 is 2.55 bits per heavy atom. The third kappa shape index (κ3) is 4.78. The predicted octanol–water partition coefficient (Wildman–Crippen LogP) is 3.63. The third-order valence-corrected chi connectivity index (χ3v) is 6.89. The molecule has 2 aromatic rings. The fourth-order valence-electron chi connectivity index (χ4n) is 3.49. The minimum atomic E-state index is -0.454. The van der Waals surface area contributed by atoms with Crippen LogP contribution in [-0.4, -0.2) is 50.6 Å². The van der Waals surface area contributed by atoms with Gasteiger partial charge in [0.2, 0.25) is 11.8 Å². The Hall–Kier alpha value is -2.00. The molecule has 3 rings (SSSR count). The maximum atomic E-state index is 13.1. The van der Waals surface area contributed by atoms with Crippen molar-refractivity contribution in [1.29, 1.82) is 0 Å². The number of amides is 2. The van der Waals surface area contributed by atoms with Crippen molar-refractivity contribution >= 4 is 35.4 Å². The predicted molar refractivity (Wildman–Crippen MR) is 117 cm³/mol. The van der Waals surface area contributed by atoms with E-state index in [0.717, 1.165) is 4.88 Å². The number of likely N-dealkylation sites (tertiary alicyclic amines) is 1. The smallest absolute Gasteiger partial charge is 0.245 e. The number of carbonyl (C=O) groups is 2. The number of H-pyrrole nitrogens is 1. The summed E-state index contributed by atoms with van der Waals surface area (Å²) in [6.07, 6.45) is 1.37. The van der Waals surface area contributed by atoms with Crippen molar-refractivity contribution < 1.29 is 9.59 Å². The summed E-state index contributed by atoms with van der Waals surface area (Å²) in [5.74, 6) is 1.16. The Bertz CT molecular complexity index is 894. The monoisotopic (exact) mass is 435 g/mol. The molecule has 2 amide bonds. The van der Waals surface area contributed by atoms with E-state index in [2.05, 4.69) is 29.4 Å².